The lowest BCUT2D eigenvalue weighted by molar-refractivity contribution is -0.128. The van der Waals surface area contributed by atoms with E-state index in [4.69, 9.17) is 4.74 Å². The van der Waals surface area contributed by atoms with Crippen LogP contribution in [0.1, 0.15) is 44.8 Å². The minimum Gasteiger partial charge on any atom is -0.371 e. The number of aryl methyl sites for hydroxylation is 1. The van der Waals surface area contributed by atoms with Gasteiger partial charge < -0.3 is 15.4 Å². The molecule has 1 aromatic rings. The highest BCUT2D eigenvalue weighted by Gasteiger charge is 2.40. The molecule has 0 aliphatic carbocycles. The maximum Gasteiger partial charge on any atom is 0.238 e. The highest BCUT2D eigenvalue weighted by Crippen LogP contribution is 2.32. The number of ether oxygens (including phenoxy) is 1. The summed E-state index contributed by atoms with van der Waals surface area (Å²) in [6.45, 7) is 5.90. The number of amides is 1. The summed E-state index contributed by atoms with van der Waals surface area (Å²) >= 11 is 0. The number of hydrogen-bond acceptors (Lipinski definition) is 4. The second kappa shape index (κ2) is 6.01. The molecule has 3 heterocycles. The van der Waals surface area contributed by atoms with Gasteiger partial charge in [-0.15, -0.1) is 0 Å². The van der Waals surface area contributed by atoms with Crippen LogP contribution in [-0.4, -0.2) is 40.9 Å². The standard InChI is InChI=1S/C16H26N4O2/c1-16(2)6-4-7-17-14(16)15(21)19-12-5-8-22-13(12)11-9-18-20(3)10-11/h9-10,12-14,17H,4-8H2,1-3H3,(H,19,21)/t12-,13+,14?/m1/s1. The normalized spacial score (nSPS) is 31.1. The third-order valence-corrected chi connectivity index (χ3v) is 4.86. The summed E-state index contributed by atoms with van der Waals surface area (Å²) < 4.78 is 7.58. The van der Waals surface area contributed by atoms with Crippen LogP contribution in [0.5, 0.6) is 0 Å². The number of piperidine rings is 1. The fourth-order valence-electron chi connectivity index (χ4n) is 3.58. The Labute approximate surface area is 131 Å². The van der Waals surface area contributed by atoms with Crippen molar-refractivity contribution in [1.82, 2.24) is 20.4 Å². The quantitative estimate of drug-likeness (QED) is 0.879. The van der Waals surface area contributed by atoms with E-state index in [0.717, 1.165) is 31.4 Å². The van der Waals surface area contributed by atoms with Crippen molar-refractivity contribution in [2.24, 2.45) is 12.5 Å². The molecule has 0 spiro atoms. The molecule has 1 unspecified atom stereocenters. The Hall–Kier alpha value is -1.40. The Balaban J connectivity index is 1.67. The van der Waals surface area contributed by atoms with Crippen LogP contribution in [0.4, 0.5) is 0 Å². The molecule has 2 aliphatic rings. The van der Waals surface area contributed by atoms with E-state index >= 15 is 0 Å². The average Bonchev–Trinajstić information content (AvgIpc) is 3.06. The fraction of sp³-hybridized carbons (Fsp3) is 0.750. The zero-order chi connectivity index (χ0) is 15.7. The van der Waals surface area contributed by atoms with Gasteiger partial charge in [0.15, 0.2) is 0 Å². The Morgan fingerprint density at radius 2 is 2.36 bits per heavy atom. The van der Waals surface area contributed by atoms with Gasteiger partial charge in [-0.2, -0.15) is 5.10 Å². The summed E-state index contributed by atoms with van der Waals surface area (Å²) in [7, 11) is 1.89. The van der Waals surface area contributed by atoms with Crippen LogP contribution in [-0.2, 0) is 16.6 Å². The lowest BCUT2D eigenvalue weighted by atomic mass is 9.77. The third-order valence-electron chi connectivity index (χ3n) is 4.86. The molecule has 122 valence electrons. The number of carbonyl (C=O) groups excluding carboxylic acids is 1. The van der Waals surface area contributed by atoms with Crippen molar-refractivity contribution < 1.29 is 9.53 Å². The van der Waals surface area contributed by atoms with Crippen molar-refractivity contribution in [2.45, 2.75) is 51.3 Å². The van der Waals surface area contributed by atoms with Crippen LogP contribution < -0.4 is 10.6 Å². The first-order chi connectivity index (χ1) is 10.5. The van der Waals surface area contributed by atoms with Gasteiger partial charge in [0, 0.05) is 25.4 Å². The minimum absolute atomic E-state index is 0.00834. The van der Waals surface area contributed by atoms with Crippen LogP contribution >= 0.6 is 0 Å². The SMILES string of the molecule is Cn1cc([C@@H]2OCC[C@H]2NC(=O)C2NCCCC2(C)C)cn1. The maximum absolute atomic E-state index is 12.7. The monoisotopic (exact) mass is 306 g/mol. The van der Waals surface area contributed by atoms with E-state index in [1.165, 1.54) is 0 Å². The molecular weight excluding hydrogens is 280 g/mol. The van der Waals surface area contributed by atoms with Gasteiger partial charge in [-0.1, -0.05) is 13.8 Å². The first-order valence-electron chi connectivity index (χ1n) is 8.11. The summed E-state index contributed by atoms with van der Waals surface area (Å²) in [5, 5.41) is 10.8. The topological polar surface area (TPSA) is 68.2 Å². The molecule has 0 saturated carbocycles. The Kier molecular flexibility index (Phi) is 4.23. The maximum atomic E-state index is 12.7. The average molecular weight is 306 g/mol. The molecular formula is C16H26N4O2. The summed E-state index contributed by atoms with van der Waals surface area (Å²) in [5.74, 6) is 0.0918. The van der Waals surface area contributed by atoms with E-state index in [-0.39, 0.29) is 29.5 Å². The molecule has 3 atom stereocenters. The molecule has 2 saturated heterocycles. The number of rotatable bonds is 3. The molecule has 0 bridgehead atoms. The van der Waals surface area contributed by atoms with Gasteiger partial charge in [0.1, 0.15) is 6.10 Å². The van der Waals surface area contributed by atoms with E-state index in [0.29, 0.717) is 6.61 Å². The summed E-state index contributed by atoms with van der Waals surface area (Å²) in [6.07, 6.45) is 6.73. The largest absolute Gasteiger partial charge is 0.371 e. The van der Waals surface area contributed by atoms with Gasteiger partial charge >= 0.3 is 0 Å². The third kappa shape index (κ3) is 3.03. The van der Waals surface area contributed by atoms with Gasteiger partial charge in [-0.25, -0.2) is 0 Å². The van der Waals surface area contributed by atoms with Crippen molar-refractivity contribution in [2.75, 3.05) is 13.2 Å². The van der Waals surface area contributed by atoms with Crippen LogP contribution in [0, 0.1) is 5.41 Å². The van der Waals surface area contributed by atoms with E-state index in [1.807, 2.05) is 19.4 Å². The van der Waals surface area contributed by atoms with E-state index in [9.17, 15) is 4.79 Å². The second-order valence-electron chi connectivity index (χ2n) is 7.12. The minimum atomic E-state index is -0.128. The fourth-order valence-corrected chi connectivity index (χ4v) is 3.58. The number of carbonyl (C=O) groups is 1. The molecule has 2 fully saturated rings. The molecule has 2 N–H and O–H groups in total. The summed E-state index contributed by atoms with van der Waals surface area (Å²) in [5.41, 5.74) is 1.02. The lowest BCUT2D eigenvalue weighted by Gasteiger charge is -2.39. The van der Waals surface area contributed by atoms with Crippen molar-refractivity contribution in [3.8, 4) is 0 Å². The smallest absolute Gasteiger partial charge is 0.238 e. The van der Waals surface area contributed by atoms with Gasteiger partial charge in [-0.3, -0.25) is 9.48 Å². The number of aromatic nitrogens is 2. The predicted octanol–water partition coefficient (Wildman–Crippen LogP) is 1.14. The number of nitrogens with zero attached hydrogens (tertiary/aromatic N) is 2. The molecule has 2 aliphatic heterocycles. The first kappa shape index (κ1) is 15.5. The van der Waals surface area contributed by atoms with Crippen molar-refractivity contribution in [3.63, 3.8) is 0 Å². The van der Waals surface area contributed by atoms with Crippen molar-refractivity contribution in [3.05, 3.63) is 18.0 Å². The zero-order valence-electron chi connectivity index (χ0n) is 13.6. The molecule has 6 nitrogen and oxygen atoms in total. The van der Waals surface area contributed by atoms with Crippen LogP contribution in [0.2, 0.25) is 0 Å². The summed E-state index contributed by atoms with van der Waals surface area (Å²) in [6, 6.07) is -0.104. The molecule has 1 aromatic heterocycles. The van der Waals surface area contributed by atoms with E-state index in [2.05, 4.69) is 29.6 Å². The molecule has 3 rings (SSSR count). The van der Waals surface area contributed by atoms with Gasteiger partial charge in [0.05, 0.1) is 18.3 Å². The lowest BCUT2D eigenvalue weighted by Crippen LogP contribution is -2.57. The number of nitrogens with one attached hydrogen (secondary N) is 2. The Morgan fingerprint density at radius 3 is 3.05 bits per heavy atom. The molecule has 0 aromatic carbocycles. The van der Waals surface area contributed by atoms with E-state index in [1.54, 1.807) is 4.68 Å². The van der Waals surface area contributed by atoms with Crippen LogP contribution in [0.3, 0.4) is 0 Å². The summed E-state index contributed by atoms with van der Waals surface area (Å²) in [4.78, 5) is 12.7. The van der Waals surface area contributed by atoms with E-state index < -0.39 is 0 Å². The Morgan fingerprint density at radius 1 is 1.55 bits per heavy atom. The predicted molar refractivity (Wildman–Crippen MR) is 83.3 cm³/mol. The van der Waals surface area contributed by atoms with Crippen molar-refractivity contribution >= 4 is 5.91 Å². The highest BCUT2D eigenvalue weighted by molar-refractivity contribution is 5.83. The highest BCUT2D eigenvalue weighted by atomic mass is 16.5. The van der Waals surface area contributed by atoms with Crippen molar-refractivity contribution in [1.29, 1.82) is 0 Å². The van der Waals surface area contributed by atoms with Gasteiger partial charge in [0.25, 0.3) is 0 Å². The second-order valence-corrected chi connectivity index (χ2v) is 7.12. The number of hydrogen-bond donors (Lipinski definition) is 2. The van der Waals surface area contributed by atoms with Gasteiger partial charge in [-0.05, 0) is 31.2 Å². The molecule has 6 heteroatoms. The first-order valence-corrected chi connectivity index (χ1v) is 8.11. The molecule has 1 amide bonds. The van der Waals surface area contributed by atoms with Crippen LogP contribution in [0.25, 0.3) is 0 Å². The van der Waals surface area contributed by atoms with Crippen LogP contribution in [0.15, 0.2) is 12.4 Å². The Bertz CT molecular complexity index is 540. The van der Waals surface area contributed by atoms with Gasteiger partial charge in [0.2, 0.25) is 5.91 Å². The molecule has 0 radical (unpaired) electrons. The molecule has 22 heavy (non-hydrogen) atoms. The zero-order valence-corrected chi connectivity index (χ0v) is 13.6.